The number of benzene rings is 1. The van der Waals surface area contributed by atoms with Crippen LogP contribution in [0.15, 0.2) is 34.9 Å². The van der Waals surface area contributed by atoms with E-state index < -0.39 is 0 Å². The highest BCUT2D eigenvalue weighted by atomic mass is 35.5. The maximum absolute atomic E-state index is 12.7. The molecule has 1 aromatic carbocycles. The van der Waals surface area contributed by atoms with Crippen LogP contribution in [0, 0.1) is 6.92 Å². The molecule has 2 heterocycles. The molecule has 1 fully saturated rings. The number of rotatable bonds is 4. The Morgan fingerprint density at radius 1 is 1.33 bits per heavy atom. The van der Waals surface area contributed by atoms with Crippen LogP contribution in [-0.2, 0) is 0 Å². The minimum atomic E-state index is -0.268. The first-order valence-corrected chi connectivity index (χ1v) is 8.08. The predicted octanol–water partition coefficient (Wildman–Crippen LogP) is 3.82. The maximum Gasteiger partial charge on any atom is 0.270 e. The summed E-state index contributed by atoms with van der Waals surface area (Å²) >= 11 is 5.94. The molecule has 3 aromatic rings. The number of aryl methyl sites for hydroxylation is 1. The fourth-order valence-electron chi connectivity index (χ4n) is 2.64. The number of pyridine rings is 1. The zero-order valence-corrected chi connectivity index (χ0v) is 13.7. The second-order valence-corrected chi connectivity index (χ2v) is 6.34. The molecule has 2 N–H and O–H groups in total. The summed E-state index contributed by atoms with van der Waals surface area (Å²) in [7, 11) is 0. The lowest BCUT2D eigenvalue weighted by Gasteiger charge is -2.10. The first-order chi connectivity index (χ1) is 11.6. The van der Waals surface area contributed by atoms with Crippen molar-refractivity contribution >= 4 is 34.3 Å². The molecule has 122 valence electrons. The predicted molar refractivity (Wildman–Crippen MR) is 91.1 cm³/mol. The van der Waals surface area contributed by atoms with Gasteiger partial charge in [0.25, 0.3) is 11.6 Å². The van der Waals surface area contributed by atoms with E-state index in [1.807, 2.05) is 12.1 Å². The van der Waals surface area contributed by atoms with Gasteiger partial charge < -0.3 is 4.52 Å². The molecule has 0 aliphatic heterocycles. The van der Waals surface area contributed by atoms with Crippen molar-refractivity contribution in [1.82, 2.24) is 15.6 Å². The second-order valence-electron chi connectivity index (χ2n) is 5.91. The van der Waals surface area contributed by atoms with E-state index in [-0.39, 0.29) is 5.91 Å². The number of nitrogens with one attached hydrogen (secondary N) is 2. The number of hydrazine groups is 1. The molecule has 1 amide bonds. The van der Waals surface area contributed by atoms with Crippen molar-refractivity contribution in [2.45, 2.75) is 25.7 Å². The van der Waals surface area contributed by atoms with Gasteiger partial charge in [-0.15, -0.1) is 0 Å². The van der Waals surface area contributed by atoms with E-state index in [1.165, 1.54) is 0 Å². The van der Waals surface area contributed by atoms with E-state index in [4.69, 9.17) is 16.1 Å². The number of carbonyl (C=O) groups excluding carboxylic acids is 1. The number of hydrogen-bond donors (Lipinski definition) is 2. The van der Waals surface area contributed by atoms with Crippen molar-refractivity contribution in [3.63, 3.8) is 0 Å². The molecule has 2 aromatic heterocycles. The average molecular weight is 343 g/mol. The van der Waals surface area contributed by atoms with Gasteiger partial charge >= 0.3 is 0 Å². The van der Waals surface area contributed by atoms with Gasteiger partial charge in [-0.2, -0.15) is 0 Å². The average Bonchev–Trinajstić information content (AvgIpc) is 3.36. The van der Waals surface area contributed by atoms with Gasteiger partial charge in [0, 0.05) is 16.6 Å². The highest BCUT2D eigenvalue weighted by Gasteiger charge is 2.28. The summed E-state index contributed by atoms with van der Waals surface area (Å²) in [5, 5.41) is 5.17. The molecule has 0 unspecified atom stereocenters. The Morgan fingerprint density at radius 2 is 2.17 bits per heavy atom. The summed E-state index contributed by atoms with van der Waals surface area (Å²) in [6, 6.07) is 8.94. The molecule has 4 rings (SSSR count). The smallest absolute Gasteiger partial charge is 0.270 e. The van der Waals surface area contributed by atoms with Crippen LogP contribution in [0.4, 0.5) is 5.69 Å². The van der Waals surface area contributed by atoms with Gasteiger partial charge in [-0.25, -0.2) is 4.98 Å². The summed E-state index contributed by atoms with van der Waals surface area (Å²) in [6.45, 7) is 1.80. The van der Waals surface area contributed by atoms with E-state index in [2.05, 4.69) is 21.0 Å². The molecule has 0 saturated heterocycles. The Kier molecular flexibility index (Phi) is 3.61. The quantitative estimate of drug-likeness (QED) is 0.704. The number of fused-ring (bicyclic) bond motifs is 1. The van der Waals surface area contributed by atoms with Crippen molar-refractivity contribution < 1.29 is 9.32 Å². The van der Waals surface area contributed by atoms with Crippen molar-refractivity contribution in [1.29, 1.82) is 0 Å². The Bertz CT molecular complexity index is 933. The lowest BCUT2D eigenvalue weighted by molar-refractivity contribution is 0.0964. The number of amides is 1. The molecule has 1 aliphatic rings. The minimum Gasteiger partial charge on any atom is -0.336 e. The van der Waals surface area contributed by atoms with E-state index >= 15 is 0 Å². The Labute approximate surface area is 143 Å². The van der Waals surface area contributed by atoms with Crippen LogP contribution in [0.25, 0.3) is 11.1 Å². The van der Waals surface area contributed by atoms with Crippen molar-refractivity contribution in [2.24, 2.45) is 0 Å². The maximum atomic E-state index is 12.7. The fourth-order valence-corrected chi connectivity index (χ4v) is 2.83. The normalized spacial score (nSPS) is 13.9. The SMILES string of the molecule is Cc1noc2nc(C3CC3)cc(C(=O)NNc3cccc(Cl)c3)c12. The van der Waals surface area contributed by atoms with Crippen LogP contribution in [0.3, 0.4) is 0 Å². The molecular formula is C17H15ClN4O2. The Hall–Kier alpha value is -2.60. The number of anilines is 1. The first-order valence-electron chi connectivity index (χ1n) is 7.70. The number of carbonyl (C=O) groups is 1. The lowest BCUT2D eigenvalue weighted by Crippen LogP contribution is -2.29. The van der Waals surface area contributed by atoms with Crippen LogP contribution < -0.4 is 10.9 Å². The molecule has 6 nitrogen and oxygen atoms in total. The van der Waals surface area contributed by atoms with Gasteiger partial charge in [-0.05, 0) is 44.0 Å². The van der Waals surface area contributed by atoms with Crippen LogP contribution in [0.5, 0.6) is 0 Å². The molecule has 0 spiro atoms. The zero-order chi connectivity index (χ0) is 16.7. The molecule has 0 radical (unpaired) electrons. The highest BCUT2D eigenvalue weighted by Crippen LogP contribution is 2.40. The van der Waals surface area contributed by atoms with Gasteiger partial charge in [0.05, 0.1) is 22.3 Å². The third-order valence-electron chi connectivity index (χ3n) is 4.02. The molecule has 24 heavy (non-hydrogen) atoms. The fraction of sp³-hybridized carbons (Fsp3) is 0.235. The van der Waals surface area contributed by atoms with Gasteiger partial charge in [0.15, 0.2) is 0 Å². The van der Waals surface area contributed by atoms with E-state index in [1.54, 1.807) is 25.1 Å². The zero-order valence-electron chi connectivity index (χ0n) is 13.0. The Morgan fingerprint density at radius 3 is 2.92 bits per heavy atom. The largest absolute Gasteiger partial charge is 0.336 e. The lowest BCUT2D eigenvalue weighted by atomic mass is 10.1. The molecule has 0 bridgehead atoms. The van der Waals surface area contributed by atoms with Crippen molar-refractivity contribution in [3.8, 4) is 0 Å². The topological polar surface area (TPSA) is 80.0 Å². The standard InChI is InChI=1S/C17H15ClN4O2/c1-9-15-13(8-14(10-5-6-10)19-17(15)24-22-9)16(23)21-20-12-4-2-3-11(18)7-12/h2-4,7-8,10,20H,5-6H2,1H3,(H,21,23). The van der Waals surface area contributed by atoms with E-state index in [9.17, 15) is 4.79 Å². The Balaban J connectivity index is 1.64. The third kappa shape index (κ3) is 2.80. The minimum absolute atomic E-state index is 0.268. The first kappa shape index (κ1) is 15.0. The molecular weight excluding hydrogens is 328 g/mol. The van der Waals surface area contributed by atoms with Gasteiger partial charge in [-0.3, -0.25) is 15.6 Å². The van der Waals surface area contributed by atoms with Crippen LogP contribution in [0.2, 0.25) is 5.02 Å². The highest BCUT2D eigenvalue weighted by molar-refractivity contribution is 6.30. The van der Waals surface area contributed by atoms with Crippen LogP contribution >= 0.6 is 11.6 Å². The third-order valence-corrected chi connectivity index (χ3v) is 4.26. The van der Waals surface area contributed by atoms with Crippen LogP contribution in [0.1, 0.15) is 40.5 Å². The number of nitrogens with zero attached hydrogens (tertiary/aromatic N) is 2. The molecule has 1 saturated carbocycles. The number of hydrogen-bond acceptors (Lipinski definition) is 5. The summed E-state index contributed by atoms with van der Waals surface area (Å²) in [4.78, 5) is 17.1. The summed E-state index contributed by atoms with van der Waals surface area (Å²) < 4.78 is 5.26. The number of halogens is 1. The second kappa shape index (κ2) is 5.79. The van der Waals surface area contributed by atoms with Crippen molar-refractivity contribution in [3.05, 3.63) is 52.3 Å². The van der Waals surface area contributed by atoms with E-state index in [0.717, 1.165) is 18.5 Å². The number of aromatic nitrogens is 2. The van der Waals surface area contributed by atoms with Gasteiger partial charge in [0.1, 0.15) is 0 Å². The van der Waals surface area contributed by atoms with Crippen molar-refractivity contribution in [2.75, 3.05) is 5.43 Å². The summed E-state index contributed by atoms with van der Waals surface area (Å²) in [5.74, 6) is 0.142. The van der Waals surface area contributed by atoms with Crippen LogP contribution in [-0.4, -0.2) is 16.0 Å². The summed E-state index contributed by atoms with van der Waals surface area (Å²) in [5.41, 5.74) is 8.71. The molecule has 1 aliphatic carbocycles. The van der Waals surface area contributed by atoms with Gasteiger partial charge in [-0.1, -0.05) is 22.8 Å². The monoisotopic (exact) mass is 342 g/mol. The molecule has 0 atom stereocenters. The van der Waals surface area contributed by atoms with E-state index in [0.29, 0.717) is 39.0 Å². The molecule has 7 heteroatoms. The summed E-state index contributed by atoms with van der Waals surface area (Å²) in [6.07, 6.45) is 2.18. The van der Waals surface area contributed by atoms with Gasteiger partial charge in [0.2, 0.25) is 0 Å².